The number of carbonyl (C=O) groups excluding carboxylic acids is 3. The Hall–Kier alpha value is -1.39. The lowest BCUT2D eigenvalue weighted by molar-refractivity contribution is -0.117. The van der Waals surface area contributed by atoms with Crippen molar-refractivity contribution in [3.05, 3.63) is 0 Å². The minimum absolute atomic E-state index is 0.0440. The van der Waals surface area contributed by atoms with Gasteiger partial charge >= 0.3 is 6.03 Å². The predicted octanol–water partition coefficient (Wildman–Crippen LogP) is -0.642. The first-order chi connectivity index (χ1) is 5.11. The Kier molecular flexibility index (Phi) is 3.87. The summed E-state index contributed by atoms with van der Waals surface area (Å²) in [7, 11) is 0. The van der Waals surface area contributed by atoms with E-state index in [1.54, 1.807) is 6.92 Å². The molecule has 0 saturated carbocycles. The van der Waals surface area contributed by atoms with E-state index in [-0.39, 0.29) is 12.5 Å². The Morgan fingerprint density at radius 1 is 1.64 bits per heavy atom. The molecule has 0 radical (unpaired) electrons. The standard InChI is InChI=1S/C6H10N2O3/c1-5(3-9)2-8(4-10)6(7)11/h3-5H,2H2,1H3,(H2,7,11). The molecule has 0 aliphatic carbocycles. The van der Waals surface area contributed by atoms with Crippen LogP contribution in [-0.2, 0) is 9.59 Å². The molecule has 0 aromatic rings. The third kappa shape index (κ3) is 3.34. The number of imide groups is 1. The van der Waals surface area contributed by atoms with Crippen molar-refractivity contribution in [2.45, 2.75) is 6.92 Å². The summed E-state index contributed by atoms with van der Waals surface area (Å²) in [6.07, 6.45) is 0.960. The minimum atomic E-state index is -0.839. The summed E-state index contributed by atoms with van der Waals surface area (Å²) in [5.41, 5.74) is 4.79. The Bertz CT molecular complexity index is 169. The van der Waals surface area contributed by atoms with Crippen LogP contribution in [0.3, 0.4) is 0 Å². The van der Waals surface area contributed by atoms with Gasteiger partial charge in [-0.3, -0.25) is 9.69 Å². The fourth-order valence-electron chi connectivity index (χ4n) is 0.538. The van der Waals surface area contributed by atoms with Crippen LogP contribution in [0.4, 0.5) is 4.79 Å². The Morgan fingerprint density at radius 2 is 2.18 bits per heavy atom. The Morgan fingerprint density at radius 3 is 2.45 bits per heavy atom. The maximum Gasteiger partial charge on any atom is 0.321 e. The molecule has 3 amide bonds. The molecule has 0 aromatic heterocycles. The van der Waals surface area contributed by atoms with E-state index in [9.17, 15) is 14.4 Å². The molecule has 2 N–H and O–H groups in total. The van der Waals surface area contributed by atoms with Crippen molar-refractivity contribution in [3.63, 3.8) is 0 Å². The van der Waals surface area contributed by atoms with E-state index >= 15 is 0 Å². The van der Waals surface area contributed by atoms with Gasteiger partial charge in [0, 0.05) is 12.5 Å². The Balaban J connectivity index is 3.97. The van der Waals surface area contributed by atoms with Crippen LogP contribution in [-0.4, -0.2) is 30.2 Å². The molecule has 0 saturated heterocycles. The maximum atomic E-state index is 10.4. The summed E-state index contributed by atoms with van der Waals surface area (Å²) in [6.45, 7) is 1.63. The molecule has 0 aromatic carbocycles. The first-order valence-corrected chi connectivity index (χ1v) is 3.08. The molecule has 1 atom stereocenters. The quantitative estimate of drug-likeness (QED) is 0.552. The summed E-state index contributed by atoms with van der Waals surface area (Å²) >= 11 is 0. The van der Waals surface area contributed by atoms with Gasteiger partial charge in [-0.25, -0.2) is 4.79 Å². The highest BCUT2D eigenvalue weighted by Crippen LogP contribution is 1.92. The van der Waals surface area contributed by atoms with Gasteiger partial charge in [0.1, 0.15) is 6.29 Å². The van der Waals surface area contributed by atoms with Crippen molar-refractivity contribution in [3.8, 4) is 0 Å². The average Bonchev–Trinajstić information content (AvgIpc) is 1.99. The van der Waals surface area contributed by atoms with Gasteiger partial charge in [-0.1, -0.05) is 6.92 Å². The highest BCUT2D eigenvalue weighted by atomic mass is 16.2. The van der Waals surface area contributed by atoms with Crippen molar-refractivity contribution in [1.82, 2.24) is 4.90 Å². The van der Waals surface area contributed by atoms with E-state index in [0.717, 1.165) is 4.90 Å². The normalized spacial score (nSPS) is 11.7. The van der Waals surface area contributed by atoms with Gasteiger partial charge in [-0.2, -0.15) is 0 Å². The lowest BCUT2D eigenvalue weighted by Gasteiger charge is -2.13. The van der Waals surface area contributed by atoms with Crippen LogP contribution in [0.15, 0.2) is 0 Å². The fraction of sp³-hybridized carbons (Fsp3) is 0.500. The van der Waals surface area contributed by atoms with Crippen LogP contribution >= 0.6 is 0 Å². The third-order valence-electron chi connectivity index (χ3n) is 1.13. The van der Waals surface area contributed by atoms with Crippen molar-refractivity contribution < 1.29 is 14.4 Å². The highest BCUT2D eigenvalue weighted by Gasteiger charge is 2.11. The van der Waals surface area contributed by atoms with Gasteiger partial charge in [0.05, 0.1) is 0 Å². The molecule has 1 unspecified atom stereocenters. The molecule has 5 nitrogen and oxygen atoms in total. The molecule has 0 fully saturated rings. The van der Waals surface area contributed by atoms with E-state index in [4.69, 9.17) is 5.73 Å². The number of hydrogen-bond donors (Lipinski definition) is 1. The van der Waals surface area contributed by atoms with Gasteiger partial charge in [-0.15, -0.1) is 0 Å². The van der Waals surface area contributed by atoms with Crippen LogP contribution in [0.25, 0.3) is 0 Å². The van der Waals surface area contributed by atoms with Crippen molar-refractivity contribution in [2.24, 2.45) is 11.7 Å². The molecule has 0 aliphatic rings. The second-order valence-electron chi connectivity index (χ2n) is 2.21. The number of nitrogens with two attached hydrogens (primary N) is 1. The van der Waals surface area contributed by atoms with E-state index in [1.807, 2.05) is 0 Å². The van der Waals surface area contributed by atoms with Crippen molar-refractivity contribution >= 4 is 18.7 Å². The van der Waals surface area contributed by atoms with Crippen LogP contribution in [0.1, 0.15) is 6.92 Å². The van der Waals surface area contributed by atoms with Gasteiger partial charge in [0.2, 0.25) is 6.41 Å². The number of nitrogens with zero attached hydrogens (tertiary/aromatic N) is 1. The second kappa shape index (κ2) is 4.43. The molecule has 0 rings (SSSR count). The van der Waals surface area contributed by atoms with Crippen molar-refractivity contribution in [1.29, 1.82) is 0 Å². The predicted molar refractivity (Wildman–Crippen MR) is 37.6 cm³/mol. The first-order valence-electron chi connectivity index (χ1n) is 3.08. The number of aldehydes is 1. The van der Waals surface area contributed by atoms with Gasteiger partial charge in [0.15, 0.2) is 0 Å². The third-order valence-corrected chi connectivity index (χ3v) is 1.13. The van der Waals surface area contributed by atoms with E-state index in [1.165, 1.54) is 0 Å². The average molecular weight is 158 g/mol. The lowest BCUT2D eigenvalue weighted by atomic mass is 10.2. The number of carbonyl (C=O) groups is 3. The molecule has 11 heavy (non-hydrogen) atoms. The number of amides is 3. The molecular weight excluding hydrogens is 148 g/mol. The van der Waals surface area contributed by atoms with E-state index in [0.29, 0.717) is 12.7 Å². The summed E-state index contributed by atoms with van der Waals surface area (Å²) in [6, 6.07) is -0.839. The molecule has 0 bridgehead atoms. The van der Waals surface area contributed by atoms with Crippen LogP contribution in [0, 0.1) is 5.92 Å². The van der Waals surface area contributed by atoms with Crippen LogP contribution < -0.4 is 5.73 Å². The summed E-state index contributed by atoms with van der Waals surface area (Å²) < 4.78 is 0. The summed E-state index contributed by atoms with van der Waals surface area (Å²) in [5, 5.41) is 0. The number of urea groups is 1. The zero-order chi connectivity index (χ0) is 8.85. The molecule has 0 aliphatic heterocycles. The number of rotatable bonds is 4. The number of hydrogen-bond acceptors (Lipinski definition) is 3. The van der Waals surface area contributed by atoms with Crippen LogP contribution in [0.5, 0.6) is 0 Å². The summed E-state index contributed by atoms with van der Waals surface area (Å²) in [4.78, 5) is 31.3. The SMILES string of the molecule is CC(C=O)CN(C=O)C(N)=O. The highest BCUT2D eigenvalue weighted by molar-refractivity contribution is 5.83. The molecule has 5 heteroatoms. The zero-order valence-electron chi connectivity index (χ0n) is 6.19. The monoisotopic (exact) mass is 158 g/mol. The fourth-order valence-corrected chi connectivity index (χ4v) is 0.538. The maximum absolute atomic E-state index is 10.4. The molecular formula is C6H10N2O3. The molecule has 62 valence electrons. The van der Waals surface area contributed by atoms with E-state index in [2.05, 4.69) is 0 Å². The first kappa shape index (κ1) is 9.61. The second-order valence-corrected chi connectivity index (χ2v) is 2.21. The van der Waals surface area contributed by atoms with Gasteiger partial charge in [0.25, 0.3) is 0 Å². The lowest BCUT2D eigenvalue weighted by Crippen LogP contribution is -2.37. The van der Waals surface area contributed by atoms with Crippen molar-refractivity contribution in [2.75, 3.05) is 6.54 Å². The minimum Gasteiger partial charge on any atom is -0.351 e. The van der Waals surface area contributed by atoms with Gasteiger partial charge < -0.3 is 10.5 Å². The number of primary amides is 1. The van der Waals surface area contributed by atoms with Gasteiger partial charge in [-0.05, 0) is 0 Å². The van der Waals surface area contributed by atoms with E-state index < -0.39 is 6.03 Å². The topological polar surface area (TPSA) is 80.5 Å². The smallest absolute Gasteiger partial charge is 0.321 e. The molecule has 0 spiro atoms. The Labute approximate surface area is 64.1 Å². The molecule has 0 heterocycles. The summed E-state index contributed by atoms with van der Waals surface area (Å²) in [5.74, 6) is -0.368. The largest absolute Gasteiger partial charge is 0.351 e. The zero-order valence-corrected chi connectivity index (χ0v) is 6.19. The van der Waals surface area contributed by atoms with Crippen LogP contribution in [0.2, 0.25) is 0 Å².